The first-order valence-electron chi connectivity index (χ1n) is 12.5. The standard InChI is InChI=1S/C28H33N5O5/c1-18(2)14-15-29-28(35)27(25-12-10-19(3)38-25)33(23-16-20(36-4)11-13-24(23)37-5)26(34)17-32-22-9-7-6-8-21(22)30-31-32/h6-13,16,18,27H,14-15,17H2,1-5H3,(H,29,35)/t27-/m1/s1. The topological polar surface area (TPSA) is 112 Å². The SMILES string of the molecule is COc1ccc(OC)c(N(C(=O)Cn2nnc3ccccc32)[C@@H](C(=O)NCCC(C)C)c2ccc(C)o2)c1. The van der Waals surface area contributed by atoms with Crippen LogP contribution in [0.25, 0.3) is 11.0 Å². The summed E-state index contributed by atoms with van der Waals surface area (Å²) in [6.45, 7) is 6.24. The summed E-state index contributed by atoms with van der Waals surface area (Å²) in [5.74, 6) is 1.45. The molecular formula is C28H33N5O5. The predicted molar refractivity (Wildman–Crippen MR) is 143 cm³/mol. The number of benzene rings is 2. The molecule has 4 rings (SSSR count). The van der Waals surface area contributed by atoms with E-state index in [1.54, 1.807) is 37.3 Å². The highest BCUT2D eigenvalue weighted by Gasteiger charge is 2.37. The van der Waals surface area contributed by atoms with Crippen LogP contribution in [0.4, 0.5) is 5.69 Å². The first kappa shape index (κ1) is 26.7. The third-order valence-corrected chi connectivity index (χ3v) is 6.18. The first-order valence-corrected chi connectivity index (χ1v) is 12.5. The molecule has 0 saturated heterocycles. The molecule has 0 aliphatic rings. The van der Waals surface area contributed by atoms with Crippen molar-refractivity contribution < 1.29 is 23.5 Å². The highest BCUT2D eigenvalue weighted by atomic mass is 16.5. The summed E-state index contributed by atoms with van der Waals surface area (Å²) in [5, 5.41) is 11.3. The van der Waals surface area contributed by atoms with Crippen molar-refractivity contribution in [3.8, 4) is 11.5 Å². The predicted octanol–water partition coefficient (Wildman–Crippen LogP) is 4.29. The molecule has 10 nitrogen and oxygen atoms in total. The van der Waals surface area contributed by atoms with Crippen molar-refractivity contribution in [2.45, 2.75) is 39.8 Å². The minimum absolute atomic E-state index is 0.170. The number of aromatic nitrogens is 3. The summed E-state index contributed by atoms with van der Waals surface area (Å²) in [5.41, 5.74) is 1.72. The van der Waals surface area contributed by atoms with E-state index in [1.165, 1.54) is 23.8 Å². The molecular weight excluding hydrogens is 486 g/mol. The van der Waals surface area contributed by atoms with Gasteiger partial charge in [0.25, 0.3) is 5.91 Å². The second-order valence-corrected chi connectivity index (χ2v) is 9.36. The van der Waals surface area contributed by atoms with Crippen molar-refractivity contribution in [2.24, 2.45) is 5.92 Å². The molecule has 10 heteroatoms. The maximum atomic E-state index is 14.1. The first-order chi connectivity index (χ1) is 18.3. The van der Waals surface area contributed by atoms with E-state index in [0.29, 0.717) is 52.2 Å². The average molecular weight is 520 g/mol. The molecule has 200 valence electrons. The Morgan fingerprint density at radius 2 is 1.87 bits per heavy atom. The Balaban J connectivity index is 1.82. The molecule has 0 spiro atoms. The third kappa shape index (κ3) is 5.80. The quantitative estimate of drug-likeness (QED) is 0.315. The number of hydrogen-bond donors (Lipinski definition) is 1. The van der Waals surface area contributed by atoms with Crippen molar-refractivity contribution in [1.82, 2.24) is 20.3 Å². The van der Waals surface area contributed by atoms with Crippen LogP contribution in [-0.2, 0) is 16.1 Å². The van der Waals surface area contributed by atoms with Gasteiger partial charge in [-0.3, -0.25) is 14.5 Å². The Morgan fingerprint density at radius 3 is 2.55 bits per heavy atom. The molecule has 38 heavy (non-hydrogen) atoms. The molecule has 4 aromatic rings. The minimum Gasteiger partial charge on any atom is -0.497 e. The molecule has 2 amide bonds. The van der Waals surface area contributed by atoms with Gasteiger partial charge in [0.15, 0.2) is 6.04 Å². The van der Waals surface area contributed by atoms with Crippen molar-refractivity contribution in [3.05, 3.63) is 66.1 Å². The van der Waals surface area contributed by atoms with E-state index >= 15 is 0 Å². The number of ether oxygens (including phenoxy) is 2. The largest absolute Gasteiger partial charge is 0.497 e. The number of aryl methyl sites for hydroxylation is 1. The van der Waals surface area contributed by atoms with Gasteiger partial charge >= 0.3 is 0 Å². The van der Waals surface area contributed by atoms with Gasteiger partial charge in [0.1, 0.15) is 35.1 Å². The number of nitrogens with zero attached hydrogens (tertiary/aromatic N) is 4. The highest BCUT2D eigenvalue weighted by molar-refractivity contribution is 6.02. The van der Waals surface area contributed by atoms with Crippen LogP contribution in [0.3, 0.4) is 0 Å². The van der Waals surface area contributed by atoms with E-state index in [2.05, 4.69) is 29.5 Å². The maximum absolute atomic E-state index is 14.1. The summed E-state index contributed by atoms with van der Waals surface area (Å²) in [4.78, 5) is 29.3. The zero-order valence-corrected chi connectivity index (χ0v) is 22.3. The second kappa shape index (κ2) is 11.8. The molecule has 1 N–H and O–H groups in total. The molecule has 0 bridgehead atoms. The van der Waals surface area contributed by atoms with E-state index in [4.69, 9.17) is 13.9 Å². The summed E-state index contributed by atoms with van der Waals surface area (Å²) in [7, 11) is 3.04. The average Bonchev–Trinajstić information content (AvgIpc) is 3.52. The maximum Gasteiger partial charge on any atom is 0.251 e. The minimum atomic E-state index is -1.11. The fraction of sp³-hybridized carbons (Fsp3) is 0.357. The zero-order valence-electron chi connectivity index (χ0n) is 22.3. The van der Waals surface area contributed by atoms with E-state index in [-0.39, 0.29) is 12.5 Å². The number of nitrogens with one attached hydrogen (secondary N) is 1. The molecule has 2 aromatic carbocycles. The van der Waals surface area contributed by atoms with E-state index in [9.17, 15) is 9.59 Å². The van der Waals surface area contributed by atoms with E-state index in [1.807, 2.05) is 24.3 Å². The van der Waals surface area contributed by atoms with Crippen LogP contribution in [0.2, 0.25) is 0 Å². The second-order valence-electron chi connectivity index (χ2n) is 9.36. The molecule has 1 atom stereocenters. The highest BCUT2D eigenvalue weighted by Crippen LogP contribution is 2.38. The van der Waals surface area contributed by atoms with E-state index in [0.717, 1.165) is 6.42 Å². The molecule has 2 aromatic heterocycles. The van der Waals surface area contributed by atoms with Crippen molar-refractivity contribution >= 4 is 28.5 Å². The van der Waals surface area contributed by atoms with Crippen LogP contribution in [0.5, 0.6) is 11.5 Å². The molecule has 0 fully saturated rings. The smallest absolute Gasteiger partial charge is 0.251 e. The van der Waals surface area contributed by atoms with Crippen LogP contribution < -0.4 is 19.7 Å². The zero-order chi connectivity index (χ0) is 27.2. The number of carbonyl (C=O) groups excluding carboxylic acids is 2. The number of methoxy groups -OCH3 is 2. The van der Waals surface area contributed by atoms with Gasteiger partial charge in [0, 0.05) is 12.6 Å². The van der Waals surface area contributed by atoms with Gasteiger partial charge < -0.3 is 19.2 Å². The van der Waals surface area contributed by atoms with Gasteiger partial charge in [-0.25, -0.2) is 4.68 Å². The molecule has 0 aliphatic heterocycles. The van der Waals surface area contributed by atoms with Crippen LogP contribution in [0.1, 0.15) is 37.8 Å². The molecule has 0 aliphatic carbocycles. The van der Waals surface area contributed by atoms with Crippen LogP contribution in [-0.4, -0.2) is 47.6 Å². The number of carbonyl (C=O) groups is 2. The summed E-state index contributed by atoms with van der Waals surface area (Å²) >= 11 is 0. The lowest BCUT2D eigenvalue weighted by Gasteiger charge is -2.31. The van der Waals surface area contributed by atoms with Crippen molar-refractivity contribution in [3.63, 3.8) is 0 Å². The monoisotopic (exact) mass is 519 g/mol. The Hall–Kier alpha value is -4.34. The number of para-hydroxylation sites is 1. The number of amides is 2. The number of anilines is 1. The number of hydrogen-bond acceptors (Lipinski definition) is 7. The Morgan fingerprint density at radius 1 is 1.08 bits per heavy atom. The number of furan rings is 1. The van der Waals surface area contributed by atoms with Gasteiger partial charge in [-0.1, -0.05) is 31.2 Å². The van der Waals surface area contributed by atoms with Crippen molar-refractivity contribution in [1.29, 1.82) is 0 Å². The van der Waals surface area contributed by atoms with Crippen molar-refractivity contribution in [2.75, 3.05) is 25.7 Å². The molecule has 2 heterocycles. The number of rotatable bonds is 11. The van der Waals surface area contributed by atoms with E-state index < -0.39 is 11.9 Å². The van der Waals surface area contributed by atoms with Gasteiger partial charge in [0.05, 0.1) is 25.4 Å². The molecule has 0 saturated carbocycles. The molecule has 0 radical (unpaired) electrons. The Labute approximate surface area is 221 Å². The van der Waals surface area contributed by atoms with Crippen LogP contribution >= 0.6 is 0 Å². The van der Waals surface area contributed by atoms with Gasteiger partial charge in [0.2, 0.25) is 5.91 Å². The summed E-state index contributed by atoms with van der Waals surface area (Å²) < 4.78 is 18.5. The Kier molecular flexibility index (Phi) is 8.30. The van der Waals surface area contributed by atoms with Gasteiger partial charge in [-0.15, -0.1) is 5.10 Å². The Bertz CT molecular complexity index is 1410. The lowest BCUT2D eigenvalue weighted by Crippen LogP contribution is -2.45. The normalized spacial score (nSPS) is 11.9. The third-order valence-electron chi connectivity index (χ3n) is 6.18. The van der Waals surface area contributed by atoms with Gasteiger partial charge in [-0.2, -0.15) is 0 Å². The van der Waals surface area contributed by atoms with Gasteiger partial charge in [-0.05, 0) is 55.7 Å². The molecule has 0 unspecified atom stereocenters. The fourth-order valence-electron chi connectivity index (χ4n) is 4.20. The van der Waals surface area contributed by atoms with Crippen LogP contribution in [0.15, 0.2) is 59.0 Å². The number of fused-ring (bicyclic) bond motifs is 1. The van der Waals surface area contributed by atoms with Crippen LogP contribution in [0, 0.1) is 12.8 Å². The summed E-state index contributed by atoms with van der Waals surface area (Å²) in [6.07, 6.45) is 0.789. The lowest BCUT2D eigenvalue weighted by atomic mass is 10.1. The lowest BCUT2D eigenvalue weighted by molar-refractivity contribution is -0.127. The fourth-order valence-corrected chi connectivity index (χ4v) is 4.20. The summed E-state index contributed by atoms with van der Waals surface area (Å²) in [6, 6.07) is 14.8.